The average Bonchev–Trinajstić information content (AvgIpc) is 2.54. The molecule has 0 saturated carbocycles. The fourth-order valence-corrected chi connectivity index (χ4v) is 2.55. The van der Waals surface area contributed by atoms with Crippen molar-refractivity contribution in [3.63, 3.8) is 0 Å². The van der Waals surface area contributed by atoms with E-state index < -0.39 is 74.6 Å². The van der Waals surface area contributed by atoms with Crippen molar-refractivity contribution >= 4 is 0 Å². The van der Waals surface area contributed by atoms with Crippen LogP contribution in [-0.4, -0.2) is 115 Å². The van der Waals surface area contributed by atoms with Crippen LogP contribution in [0.15, 0.2) is 0 Å². The second-order valence-electron chi connectivity index (χ2n) is 5.53. The van der Waals surface area contributed by atoms with E-state index in [2.05, 4.69) is 0 Å². The van der Waals surface area contributed by atoms with Gasteiger partial charge >= 0.3 is 0 Å². The quantitative estimate of drug-likeness (QED) is 0.243. The summed E-state index contributed by atoms with van der Waals surface area (Å²) in [4.78, 5) is 0. The first-order valence-electron chi connectivity index (χ1n) is 7.08. The number of aliphatic hydroxyl groups excluding tert-OH is 8. The van der Waals surface area contributed by atoms with Crippen LogP contribution >= 0.6 is 0 Å². The maximum absolute atomic E-state index is 9.94. The highest BCUT2D eigenvalue weighted by Crippen LogP contribution is 2.28. The van der Waals surface area contributed by atoms with Crippen molar-refractivity contribution in [3.05, 3.63) is 0 Å². The Kier molecular flexibility index (Phi) is 6.27. The van der Waals surface area contributed by atoms with Gasteiger partial charge in [0, 0.05) is 0 Å². The van der Waals surface area contributed by atoms with Crippen molar-refractivity contribution in [3.8, 4) is 0 Å². The lowest BCUT2D eigenvalue weighted by Gasteiger charge is -2.44. The second kappa shape index (κ2) is 7.63. The summed E-state index contributed by atoms with van der Waals surface area (Å²) in [6.07, 6.45) is -15.6. The van der Waals surface area contributed by atoms with Crippen molar-refractivity contribution < 1.29 is 55.1 Å². The lowest BCUT2D eigenvalue weighted by Crippen LogP contribution is -2.64. The molecule has 0 aliphatic carbocycles. The molecule has 1 unspecified atom stereocenters. The van der Waals surface area contributed by atoms with Gasteiger partial charge in [-0.3, -0.25) is 0 Å². The maximum atomic E-state index is 9.94. The Bertz CT molecular complexity index is 380. The first-order valence-corrected chi connectivity index (χ1v) is 7.08. The molecule has 0 spiro atoms. The maximum Gasteiger partial charge on any atom is 0.187 e. The number of rotatable bonds is 4. The Morgan fingerprint density at radius 3 is 1.74 bits per heavy atom. The van der Waals surface area contributed by atoms with Gasteiger partial charge in [-0.25, -0.2) is 0 Å². The summed E-state index contributed by atoms with van der Waals surface area (Å²) >= 11 is 0. The van der Waals surface area contributed by atoms with Crippen LogP contribution in [0.3, 0.4) is 0 Å². The molecule has 2 heterocycles. The zero-order valence-corrected chi connectivity index (χ0v) is 12.0. The molecule has 136 valence electrons. The van der Waals surface area contributed by atoms with Gasteiger partial charge in [-0.15, -0.1) is 0 Å². The molecule has 23 heavy (non-hydrogen) atoms. The first kappa shape index (κ1) is 18.9. The van der Waals surface area contributed by atoms with E-state index in [4.69, 9.17) is 24.4 Å². The van der Waals surface area contributed by atoms with Gasteiger partial charge in [0.1, 0.15) is 48.8 Å². The van der Waals surface area contributed by atoms with Gasteiger partial charge in [0.25, 0.3) is 0 Å². The molecule has 11 heteroatoms. The SMILES string of the molecule is OC[C@H]1O[C@@H](O[C@H]2C(O)O[C@H](CO)[C@@H](O)[C@@H]2O)[C@H](O)[C@@H](O)[C@@H]1O. The molecule has 0 radical (unpaired) electrons. The topological polar surface area (TPSA) is 190 Å². The molecule has 11 nitrogen and oxygen atoms in total. The van der Waals surface area contributed by atoms with E-state index in [1.807, 2.05) is 0 Å². The second-order valence-corrected chi connectivity index (χ2v) is 5.53. The Hall–Kier alpha value is -0.440. The zero-order valence-electron chi connectivity index (χ0n) is 12.0. The number of ether oxygens (including phenoxy) is 3. The van der Waals surface area contributed by atoms with Gasteiger partial charge in [0.2, 0.25) is 0 Å². The molecule has 0 bridgehead atoms. The molecule has 2 saturated heterocycles. The Morgan fingerprint density at radius 2 is 1.17 bits per heavy atom. The third-order valence-corrected chi connectivity index (χ3v) is 3.98. The molecule has 0 aromatic heterocycles. The van der Waals surface area contributed by atoms with E-state index in [0.717, 1.165) is 0 Å². The van der Waals surface area contributed by atoms with E-state index in [-0.39, 0.29) is 0 Å². The van der Waals surface area contributed by atoms with E-state index in [9.17, 15) is 30.6 Å². The number of aliphatic hydroxyl groups is 8. The molecule has 2 aliphatic heterocycles. The minimum atomic E-state index is -1.75. The van der Waals surface area contributed by atoms with Crippen LogP contribution in [0.4, 0.5) is 0 Å². The van der Waals surface area contributed by atoms with Crippen molar-refractivity contribution in [1.82, 2.24) is 0 Å². The molecule has 10 atom stereocenters. The molecule has 0 amide bonds. The lowest BCUT2D eigenvalue weighted by atomic mass is 9.97. The van der Waals surface area contributed by atoms with E-state index in [1.165, 1.54) is 0 Å². The predicted octanol–water partition coefficient (Wildman–Crippen LogP) is -5.40. The van der Waals surface area contributed by atoms with Crippen molar-refractivity contribution in [2.75, 3.05) is 13.2 Å². The Labute approximate surface area is 130 Å². The highest BCUT2D eigenvalue weighted by molar-refractivity contribution is 4.93. The number of hydrogen-bond acceptors (Lipinski definition) is 11. The zero-order chi connectivity index (χ0) is 17.3. The van der Waals surface area contributed by atoms with Gasteiger partial charge in [-0.2, -0.15) is 0 Å². The minimum Gasteiger partial charge on any atom is -0.394 e. The summed E-state index contributed by atoms with van der Waals surface area (Å²) in [6, 6.07) is 0. The standard InChI is InChI=1S/C12H22O11/c13-1-3-6(16)8(18)10(11(20)21-3)23-12-9(19)7(17)5(15)4(2-14)22-12/h3-20H,1-2H2/t3-,4-,5-,6-,7+,8+,9-,10-,11?,12+/m1/s1. The monoisotopic (exact) mass is 342 g/mol. The molecule has 8 N–H and O–H groups in total. The summed E-state index contributed by atoms with van der Waals surface area (Å²) in [7, 11) is 0. The van der Waals surface area contributed by atoms with Crippen LogP contribution < -0.4 is 0 Å². The fourth-order valence-electron chi connectivity index (χ4n) is 2.55. The van der Waals surface area contributed by atoms with Crippen LogP contribution in [0, 0.1) is 0 Å². The van der Waals surface area contributed by atoms with Gasteiger partial charge in [0.15, 0.2) is 12.6 Å². The van der Waals surface area contributed by atoms with Crippen molar-refractivity contribution in [1.29, 1.82) is 0 Å². The van der Waals surface area contributed by atoms with Gasteiger partial charge in [-0.1, -0.05) is 0 Å². The molecular weight excluding hydrogens is 320 g/mol. The minimum absolute atomic E-state index is 0.651. The van der Waals surface area contributed by atoms with Crippen molar-refractivity contribution in [2.24, 2.45) is 0 Å². The van der Waals surface area contributed by atoms with Crippen LogP contribution in [0.5, 0.6) is 0 Å². The molecular formula is C12H22O11. The highest BCUT2D eigenvalue weighted by Gasteiger charge is 2.50. The smallest absolute Gasteiger partial charge is 0.187 e. The van der Waals surface area contributed by atoms with E-state index >= 15 is 0 Å². The Morgan fingerprint density at radius 1 is 0.652 bits per heavy atom. The third kappa shape index (κ3) is 3.65. The van der Waals surface area contributed by atoms with Gasteiger partial charge in [-0.05, 0) is 0 Å². The lowest BCUT2D eigenvalue weighted by molar-refractivity contribution is -0.361. The predicted molar refractivity (Wildman–Crippen MR) is 68.6 cm³/mol. The summed E-state index contributed by atoms with van der Waals surface area (Å²) < 4.78 is 15.1. The van der Waals surface area contributed by atoms with Crippen molar-refractivity contribution in [2.45, 2.75) is 61.4 Å². The van der Waals surface area contributed by atoms with Crippen LogP contribution in [0.2, 0.25) is 0 Å². The third-order valence-electron chi connectivity index (χ3n) is 3.98. The molecule has 2 aliphatic rings. The first-order chi connectivity index (χ1) is 10.8. The average molecular weight is 342 g/mol. The van der Waals surface area contributed by atoms with E-state index in [1.54, 1.807) is 0 Å². The largest absolute Gasteiger partial charge is 0.394 e. The van der Waals surface area contributed by atoms with Crippen LogP contribution in [-0.2, 0) is 14.2 Å². The van der Waals surface area contributed by atoms with Gasteiger partial charge < -0.3 is 55.1 Å². The summed E-state index contributed by atoms with van der Waals surface area (Å²) in [5, 5.41) is 76.7. The van der Waals surface area contributed by atoms with E-state index in [0.29, 0.717) is 0 Å². The van der Waals surface area contributed by atoms with Gasteiger partial charge in [0.05, 0.1) is 13.2 Å². The summed E-state index contributed by atoms with van der Waals surface area (Å²) in [5.74, 6) is 0. The highest BCUT2D eigenvalue weighted by atomic mass is 16.7. The van der Waals surface area contributed by atoms with Crippen LogP contribution in [0.25, 0.3) is 0 Å². The molecule has 2 rings (SSSR count). The molecule has 0 aromatic carbocycles. The summed E-state index contributed by atoms with van der Waals surface area (Å²) in [5.41, 5.74) is 0. The molecule has 0 aromatic rings. The normalized spacial score (nSPS) is 51.7. The van der Waals surface area contributed by atoms with Crippen LogP contribution in [0.1, 0.15) is 0 Å². The number of hydrogen-bond donors (Lipinski definition) is 8. The Balaban J connectivity index is 2.08. The fraction of sp³-hybridized carbons (Fsp3) is 1.00. The molecule has 2 fully saturated rings. The summed E-state index contributed by atoms with van der Waals surface area (Å²) in [6.45, 7) is -1.33.